The second-order valence-electron chi connectivity index (χ2n) is 3.91. The number of esters is 1. The first kappa shape index (κ1) is 12.0. The van der Waals surface area contributed by atoms with Gasteiger partial charge in [0.25, 0.3) is 0 Å². The molecule has 0 aromatic carbocycles. The number of hydrogen-bond donors (Lipinski definition) is 1. The SMILES string of the molecule is COC(=O)C[C@@H](N)C#CC(C)(C)C. The van der Waals surface area contributed by atoms with E-state index in [0.717, 1.165) is 0 Å². The average molecular weight is 183 g/mol. The Hall–Kier alpha value is -1.01. The normalized spacial score (nSPS) is 12.7. The molecule has 0 fully saturated rings. The lowest BCUT2D eigenvalue weighted by atomic mass is 9.97. The molecule has 74 valence electrons. The molecule has 0 aliphatic heterocycles. The summed E-state index contributed by atoms with van der Waals surface area (Å²) in [5.41, 5.74) is 5.51. The van der Waals surface area contributed by atoms with Crippen LogP contribution in [0.4, 0.5) is 0 Å². The van der Waals surface area contributed by atoms with E-state index in [1.165, 1.54) is 7.11 Å². The number of methoxy groups -OCH3 is 1. The van der Waals surface area contributed by atoms with Crippen LogP contribution in [0, 0.1) is 17.3 Å². The first-order valence-corrected chi connectivity index (χ1v) is 4.20. The molecular weight excluding hydrogens is 166 g/mol. The minimum Gasteiger partial charge on any atom is -0.469 e. The highest BCUT2D eigenvalue weighted by Gasteiger charge is 2.08. The van der Waals surface area contributed by atoms with Gasteiger partial charge in [0.05, 0.1) is 19.6 Å². The van der Waals surface area contributed by atoms with Crippen molar-refractivity contribution in [2.75, 3.05) is 7.11 Å². The Balaban J connectivity index is 4.05. The highest BCUT2D eigenvalue weighted by atomic mass is 16.5. The first-order chi connectivity index (χ1) is 5.85. The fourth-order valence-electron chi connectivity index (χ4n) is 0.623. The molecule has 0 aromatic heterocycles. The molecule has 0 radical (unpaired) electrons. The van der Waals surface area contributed by atoms with Gasteiger partial charge in [-0.15, -0.1) is 0 Å². The number of nitrogens with two attached hydrogens (primary N) is 1. The van der Waals surface area contributed by atoms with Crippen molar-refractivity contribution >= 4 is 5.97 Å². The van der Waals surface area contributed by atoms with E-state index in [2.05, 4.69) is 16.6 Å². The molecule has 0 aliphatic rings. The summed E-state index contributed by atoms with van der Waals surface area (Å²) >= 11 is 0. The van der Waals surface area contributed by atoms with Crippen LogP contribution in [0.15, 0.2) is 0 Å². The van der Waals surface area contributed by atoms with Crippen LogP contribution < -0.4 is 5.73 Å². The summed E-state index contributed by atoms with van der Waals surface area (Å²) < 4.78 is 4.47. The van der Waals surface area contributed by atoms with E-state index in [1.807, 2.05) is 20.8 Å². The number of carbonyl (C=O) groups is 1. The predicted octanol–water partition coefficient (Wildman–Crippen LogP) is 0.926. The van der Waals surface area contributed by atoms with Crippen molar-refractivity contribution in [2.45, 2.75) is 33.2 Å². The smallest absolute Gasteiger partial charge is 0.308 e. The molecule has 0 aromatic rings. The van der Waals surface area contributed by atoms with Gasteiger partial charge in [0, 0.05) is 5.41 Å². The number of hydrogen-bond acceptors (Lipinski definition) is 3. The predicted molar refractivity (Wildman–Crippen MR) is 51.8 cm³/mol. The largest absolute Gasteiger partial charge is 0.469 e. The third-order valence-corrected chi connectivity index (χ3v) is 1.25. The zero-order valence-electron chi connectivity index (χ0n) is 8.68. The molecule has 0 spiro atoms. The van der Waals surface area contributed by atoms with Crippen molar-refractivity contribution < 1.29 is 9.53 Å². The lowest BCUT2D eigenvalue weighted by Gasteiger charge is -2.08. The van der Waals surface area contributed by atoms with E-state index in [1.54, 1.807) is 0 Å². The van der Waals surface area contributed by atoms with Crippen LogP contribution in [0.2, 0.25) is 0 Å². The van der Waals surface area contributed by atoms with Crippen molar-refractivity contribution in [3.63, 3.8) is 0 Å². The van der Waals surface area contributed by atoms with Gasteiger partial charge in [-0.1, -0.05) is 11.8 Å². The van der Waals surface area contributed by atoms with E-state index in [4.69, 9.17) is 5.73 Å². The van der Waals surface area contributed by atoms with Gasteiger partial charge in [0.1, 0.15) is 0 Å². The van der Waals surface area contributed by atoms with E-state index in [-0.39, 0.29) is 17.8 Å². The molecule has 0 amide bonds. The third kappa shape index (κ3) is 7.35. The second kappa shape index (κ2) is 4.88. The second-order valence-corrected chi connectivity index (χ2v) is 3.91. The molecule has 0 saturated heterocycles. The summed E-state index contributed by atoms with van der Waals surface area (Å²) in [6, 6.07) is -0.424. The van der Waals surface area contributed by atoms with Gasteiger partial charge in [0.2, 0.25) is 0 Å². The van der Waals surface area contributed by atoms with Crippen LogP contribution in [0.1, 0.15) is 27.2 Å². The zero-order valence-corrected chi connectivity index (χ0v) is 8.68. The van der Waals surface area contributed by atoms with E-state index < -0.39 is 6.04 Å². The molecule has 0 aliphatic carbocycles. The molecule has 0 rings (SSSR count). The topological polar surface area (TPSA) is 52.3 Å². The molecular formula is C10H17NO2. The minimum absolute atomic E-state index is 0.0757. The molecule has 0 unspecified atom stereocenters. The van der Waals surface area contributed by atoms with Crippen molar-refractivity contribution in [3.8, 4) is 11.8 Å². The average Bonchev–Trinajstić information content (AvgIpc) is 1.99. The lowest BCUT2D eigenvalue weighted by Crippen LogP contribution is -2.23. The summed E-state index contributed by atoms with van der Waals surface area (Å²) in [4.78, 5) is 10.8. The van der Waals surface area contributed by atoms with Gasteiger partial charge in [-0.3, -0.25) is 4.79 Å². The molecule has 3 heteroatoms. The van der Waals surface area contributed by atoms with Crippen molar-refractivity contribution in [1.29, 1.82) is 0 Å². The molecule has 13 heavy (non-hydrogen) atoms. The fraction of sp³-hybridized carbons (Fsp3) is 0.700. The highest BCUT2D eigenvalue weighted by molar-refractivity contribution is 5.70. The van der Waals surface area contributed by atoms with E-state index >= 15 is 0 Å². The quantitative estimate of drug-likeness (QED) is 0.511. The number of ether oxygens (including phenoxy) is 1. The maximum Gasteiger partial charge on any atom is 0.308 e. The summed E-state index contributed by atoms with van der Waals surface area (Å²) in [7, 11) is 1.34. The van der Waals surface area contributed by atoms with Crippen molar-refractivity contribution in [1.82, 2.24) is 0 Å². The van der Waals surface area contributed by atoms with Gasteiger partial charge >= 0.3 is 5.97 Å². The molecule has 1 atom stereocenters. The Morgan fingerprint density at radius 1 is 1.54 bits per heavy atom. The van der Waals surface area contributed by atoms with Gasteiger partial charge in [-0.2, -0.15) is 0 Å². The Morgan fingerprint density at radius 3 is 2.46 bits per heavy atom. The number of carbonyl (C=O) groups excluding carboxylic acids is 1. The van der Waals surface area contributed by atoms with Crippen LogP contribution in [-0.4, -0.2) is 19.1 Å². The van der Waals surface area contributed by atoms with Crippen molar-refractivity contribution in [3.05, 3.63) is 0 Å². The maximum absolute atomic E-state index is 10.8. The first-order valence-electron chi connectivity index (χ1n) is 4.20. The Kier molecular flexibility index (Phi) is 4.50. The summed E-state index contributed by atoms with van der Waals surface area (Å²) in [6.07, 6.45) is 0.152. The Morgan fingerprint density at radius 2 is 2.08 bits per heavy atom. The maximum atomic E-state index is 10.8. The number of rotatable bonds is 2. The van der Waals surface area contributed by atoms with Gasteiger partial charge in [-0.05, 0) is 20.8 Å². The van der Waals surface area contributed by atoms with Gasteiger partial charge in [0.15, 0.2) is 0 Å². The van der Waals surface area contributed by atoms with Crippen molar-refractivity contribution in [2.24, 2.45) is 11.1 Å². The standard InChI is InChI=1S/C10H17NO2/c1-10(2,3)6-5-8(11)7-9(12)13-4/h8H,7,11H2,1-4H3/t8-/m0/s1. The van der Waals surface area contributed by atoms with Gasteiger partial charge in [-0.25, -0.2) is 0 Å². The minimum atomic E-state index is -0.424. The van der Waals surface area contributed by atoms with E-state index in [0.29, 0.717) is 0 Å². The van der Waals surface area contributed by atoms with Gasteiger partial charge < -0.3 is 10.5 Å². The zero-order chi connectivity index (χ0) is 10.5. The summed E-state index contributed by atoms with van der Waals surface area (Å²) in [6.45, 7) is 5.97. The third-order valence-electron chi connectivity index (χ3n) is 1.25. The molecule has 0 heterocycles. The monoisotopic (exact) mass is 183 g/mol. The molecule has 0 bridgehead atoms. The highest BCUT2D eigenvalue weighted by Crippen LogP contribution is 2.09. The van der Waals surface area contributed by atoms with E-state index in [9.17, 15) is 4.79 Å². The van der Waals surface area contributed by atoms with Crippen LogP contribution >= 0.6 is 0 Å². The van der Waals surface area contributed by atoms with Crippen LogP contribution in [0.3, 0.4) is 0 Å². The fourth-order valence-corrected chi connectivity index (χ4v) is 0.623. The summed E-state index contributed by atoms with van der Waals surface area (Å²) in [5.74, 6) is 5.46. The molecule has 0 saturated carbocycles. The Bertz CT molecular complexity index is 230. The van der Waals surface area contributed by atoms with Crippen LogP contribution in [0.5, 0.6) is 0 Å². The molecule has 2 N–H and O–H groups in total. The lowest BCUT2D eigenvalue weighted by molar-refractivity contribution is -0.140. The van der Waals surface area contributed by atoms with Crippen LogP contribution in [0.25, 0.3) is 0 Å². The summed E-state index contributed by atoms with van der Waals surface area (Å²) in [5, 5.41) is 0. The van der Waals surface area contributed by atoms with Crippen LogP contribution in [-0.2, 0) is 9.53 Å². The Labute approximate surface area is 79.6 Å². The molecule has 3 nitrogen and oxygen atoms in total.